The quantitative estimate of drug-likeness (QED) is 0.684. The lowest BCUT2D eigenvalue weighted by atomic mass is 10.2. The van der Waals surface area contributed by atoms with E-state index in [-0.39, 0.29) is 17.9 Å². The Morgan fingerprint density at radius 1 is 1.47 bits per heavy atom. The van der Waals surface area contributed by atoms with Gasteiger partial charge in [0.1, 0.15) is 5.76 Å². The largest absolute Gasteiger partial charge is 0.436 e. The van der Waals surface area contributed by atoms with E-state index in [0.29, 0.717) is 5.22 Å². The number of nitro groups is 1. The molecule has 0 aliphatic heterocycles. The first-order valence-electron chi connectivity index (χ1n) is 5.51. The van der Waals surface area contributed by atoms with Crippen molar-refractivity contribution in [2.75, 3.05) is 0 Å². The van der Waals surface area contributed by atoms with E-state index < -0.39 is 4.92 Å². The molecule has 1 aromatic heterocycles. The summed E-state index contributed by atoms with van der Waals surface area (Å²) < 4.78 is 5.42. The van der Waals surface area contributed by atoms with Crippen LogP contribution in [-0.2, 0) is 6.61 Å². The molecule has 0 spiro atoms. The highest BCUT2D eigenvalue weighted by molar-refractivity contribution is 7.99. The summed E-state index contributed by atoms with van der Waals surface area (Å²) in [6.45, 7) is 3.29. The monoisotopic (exact) mass is 280 g/mol. The van der Waals surface area contributed by atoms with Gasteiger partial charge in [-0.3, -0.25) is 10.1 Å². The van der Waals surface area contributed by atoms with Crippen molar-refractivity contribution < 1.29 is 14.4 Å². The van der Waals surface area contributed by atoms with Gasteiger partial charge in [-0.15, -0.1) is 0 Å². The molecular weight excluding hydrogens is 268 g/mol. The maximum atomic E-state index is 10.8. The molecule has 0 aliphatic carbocycles. The fourth-order valence-corrected chi connectivity index (χ4v) is 2.41. The normalized spacial score (nSPS) is 10.7. The van der Waals surface area contributed by atoms with Crippen molar-refractivity contribution in [1.82, 2.24) is 4.98 Å². The van der Waals surface area contributed by atoms with E-state index in [1.54, 1.807) is 12.1 Å². The van der Waals surface area contributed by atoms with E-state index in [0.717, 1.165) is 16.3 Å². The second-order valence-electron chi connectivity index (χ2n) is 3.93. The van der Waals surface area contributed by atoms with Gasteiger partial charge in [0.15, 0.2) is 0 Å². The van der Waals surface area contributed by atoms with Gasteiger partial charge in [0.25, 0.3) is 10.9 Å². The molecule has 1 N–H and O–H groups in total. The molecule has 2 aromatic rings. The Morgan fingerprint density at radius 3 is 2.74 bits per heavy atom. The summed E-state index contributed by atoms with van der Waals surface area (Å²) in [4.78, 5) is 15.2. The Labute approximate surface area is 113 Å². The predicted octanol–water partition coefficient (Wildman–Crippen LogP) is 2.84. The molecule has 0 amide bonds. The minimum Gasteiger partial charge on any atom is -0.436 e. The lowest BCUT2D eigenvalue weighted by Gasteiger charge is -2.02. The Morgan fingerprint density at radius 2 is 2.21 bits per heavy atom. The van der Waals surface area contributed by atoms with Crippen LogP contribution in [-0.4, -0.2) is 15.0 Å². The molecule has 0 saturated carbocycles. The van der Waals surface area contributed by atoms with Gasteiger partial charge in [-0.1, -0.05) is 0 Å². The summed E-state index contributed by atoms with van der Waals surface area (Å²) in [5, 5.41) is 20.4. The number of nitro benzene ring substituents is 1. The second kappa shape index (κ2) is 5.41. The molecular formula is C12H12N2O4S. The van der Waals surface area contributed by atoms with Gasteiger partial charge in [-0.25, -0.2) is 4.98 Å². The van der Waals surface area contributed by atoms with Gasteiger partial charge >= 0.3 is 0 Å². The van der Waals surface area contributed by atoms with Crippen LogP contribution in [0.5, 0.6) is 0 Å². The lowest BCUT2D eigenvalue weighted by Crippen LogP contribution is -1.95. The van der Waals surface area contributed by atoms with E-state index >= 15 is 0 Å². The van der Waals surface area contributed by atoms with Crippen LogP contribution in [0.4, 0.5) is 5.69 Å². The van der Waals surface area contributed by atoms with E-state index in [2.05, 4.69) is 4.98 Å². The maximum absolute atomic E-state index is 10.8. The molecule has 6 nitrogen and oxygen atoms in total. The van der Waals surface area contributed by atoms with Crippen molar-refractivity contribution in [3.05, 3.63) is 45.3 Å². The average Bonchev–Trinajstić information content (AvgIpc) is 2.67. The summed E-state index contributed by atoms with van der Waals surface area (Å²) >= 11 is 1.26. The van der Waals surface area contributed by atoms with Crippen LogP contribution < -0.4 is 0 Å². The second-order valence-corrected chi connectivity index (χ2v) is 4.95. The molecule has 0 aliphatic rings. The molecule has 1 aromatic carbocycles. The number of hydrogen-bond acceptors (Lipinski definition) is 6. The standard InChI is InChI=1S/C12H12N2O4S/c1-7-8(2)18-12(13-7)19-10-3-4-11(14(16)17)9(5-10)6-15/h3-5,15H,6H2,1-2H3. The fourth-order valence-electron chi connectivity index (χ4n) is 1.52. The first-order valence-corrected chi connectivity index (χ1v) is 6.33. The van der Waals surface area contributed by atoms with Gasteiger partial charge in [0, 0.05) is 11.0 Å². The third kappa shape index (κ3) is 2.94. The molecule has 100 valence electrons. The molecule has 7 heteroatoms. The van der Waals surface area contributed by atoms with Gasteiger partial charge in [0.2, 0.25) is 0 Å². The van der Waals surface area contributed by atoms with Crippen LogP contribution in [0.1, 0.15) is 17.0 Å². The maximum Gasteiger partial charge on any atom is 0.274 e. The van der Waals surface area contributed by atoms with Crippen molar-refractivity contribution in [3.63, 3.8) is 0 Å². The van der Waals surface area contributed by atoms with Crippen LogP contribution in [0.25, 0.3) is 0 Å². The highest BCUT2D eigenvalue weighted by Crippen LogP contribution is 2.31. The third-order valence-corrected chi connectivity index (χ3v) is 3.47. The summed E-state index contributed by atoms with van der Waals surface area (Å²) in [6.07, 6.45) is 0. The zero-order valence-corrected chi connectivity index (χ0v) is 11.2. The van der Waals surface area contributed by atoms with Crippen molar-refractivity contribution in [3.8, 4) is 0 Å². The minimum absolute atomic E-state index is 0.0911. The molecule has 0 unspecified atom stereocenters. The summed E-state index contributed by atoms with van der Waals surface area (Å²) in [5.74, 6) is 0.742. The zero-order valence-electron chi connectivity index (χ0n) is 10.4. The minimum atomic E-state index is -0.514. The number of aromatic nitrogens is 1. The summed E-state index contributed by atoms with van der Waals surface area (Å²) in [7, 11) is 0. The Bertz CT molecular complexity index is 605. The Kier molecular flexibility index (Phi) is 3.87. The molecule has 0 saturated heterocycles. The van der Waals surface area contributed by atoms with Gasteiger partial charge in [0.05, 0.1) is 22.8 Å². The smallest absolute Gasteiger partial charge is 0.274 e. The molecule has 0 radical (unpaired) electrons. The Balaban J connectivity index is 2.28. The highest BCUT2D eigenvalue weighted by atomic mass is 32.2. The van der Waals surface area contributed by atoms with E-state index in [1.165, 1.54) is 17.8 Å². The van der Waals surface area contributed by atoms with Gasteiger partial charge in [-0.2, -0.15) is 0 Å². The number of nitrogens with zero attached hydrogens (tertiary/aromatic N) is 2. The molecule has 2 rings (SSSR count). The Hall–Kier alpha value is -1.86. The lowest BCUT2D eigenvalue weighted by molar-refractivity contribution is -0.385. The third-order valence-electron chi connectivity index (χ3n) is 2.63. The number of oxazole rings is 1. The number of rotatable bonds is 4. The zero-order chi connectivity index (χ0) is 14.0. The molecule has 1 heterocycles. The fraction of sp³-hybridized carbons (Fsp3) is 0.250. The topological polar surface area (TPSA) is 89.4 Å². The first kappa shape index (κ1) is 13.6. The van der Waals surface area contributed by atoms with E-state index in [4.69, 9.17) is 9.52 Å². The number of aryl methyl sites for hydroxylation is 2. The summed E-state index contributed by atoms with van der Waals surface area (Å²) in [6, 6.07) is 4.55. The molecule has 19 heavy (non-hydrogen) atoms. The van der Waals surface area contributed by atoms with Crippen LogP contribution in [0.15, 0.2) is 32.7 Å². The van der Waals surface area contributed by atoms with Crippen LogP contribution >= 0.6 is 11.8 Å². The molecule has 0 bridgehead atoms. The van der Waals surface area contributed by atoms with Crippen molar-refractivity contribution in [2.24, 2.45) is 0 Å². The van der Waals surface area contributed by atoms with E-state index in [1.807, 2.05) is 13.8 Å². The summed E-state index contributed by atoms with van der Waals surface area (Å²) in [5.41, 5.74) is 0.994. The van der Waals surface area contributed by atoms with Crippen LogP contribution in [0, 0.1) is 24.0 Å². The van der Waals surface area contributed by atoms with Crippen molar-refractivity contribution in [2.45, 2.75) is 30.6 Å². The van der Waals surface area contributed by atoms with Gasteiger partial charge < -0.3 is 9.52 Å². The van der Waals surface area contributed by atoms with Crippen LogP contribution in [0.3, 0.4) is 0 Å². The number of aliphatic hydroxyl groups is 1. The average molecular weight is 280 g/mol. The predicted molar refractivity (Wildman–Crippen MR) is 69.1 cm³/mol. The first-order chi connectivity index (χ1) is 9.01. The number of aliphatic hydroxyl groups excluding tert-OH is 1. The number of benzene rings is 1. The SMILES string of the molecule is Cc1nc(Sc2ccc([N+](=O)[O-])c(CO)c2)oc1C. The van der Waals surface area contributed by atoms with Crippen molar-refractivity contribution >= 4 is 17.4 Å². The van der Waals surface area contributed by atoms with Gasteiger partial charge in [-0.05, 0) is 37.7 Å². The van der Waals surface area contributed by atoms with Crippen LogP contribution in [0.2, 0.25) is 0 Å². The molecule has 0 fully saturated rings. The molecule has 0 atom stereocenters. The van der Waals surface area contributed by atoms with E-state index in [9.17, 15) is 10.1 Å². The van der Waals surface area contributed by atoms with Crippen molar-refractivity contribution in [1.29, 1.82) is 0 Å². The number of hydrogen-bond donors (Lipinski definition) is 1. The highest BCUT2D eigenvalue weighted by Gasteiger charge is 2.15.